The van der Waals surface area contributed by atoms with Gasteiger partial charge >= 0.3 is 0 Å². The molecule has 3 heteroatoms. The average Bonchev–Trinajstić information content (AvgIpc) is 3.16. The van der Waals surface area contributed by atoms with Crippen LogP contribution in [0.5, 0.6) is 11.5 Å². The molecular formula is C44H30N2O. The Balaban J connectivity index is 1.02. The van der Waals surface area contributed by atoms with Gasteiger partial charge in [-0.2, -0.15) is 0 Å². The third-order valence-corrected chi connectivity index (χ3v) is 9.16. The number of amidine groups is 1. The molecule has 1 N–H and O–H groups in total. The molecule has 0 saturated carbocycles. The maximum atomic E-state index is 6.31. The Labute approximate surface area is 274 Å². The Morgan fingerprint density at radius 2 is 1.09 bits per heavy atom. The van der Waals surface area contributed by atoms with Crippen molar-refractivity contribution in [1.82, 2.24) is 5.32 Å². The van der Waals surface area contributed by atoms with E-state index in [1.165, 1.54) is 38.6 Å². The first-order valence-corrected chi connectivity index (χ1v) is 16.0. The van der Waals surface area contributed by atoms with E-state index in [-0.39, 0.29) is 6.04 Å². The SMILES string of the molecule is C1=C(c2ccccc2)N=C(c2ccc(-c3ccc(-c4ccc5c6c(cccc46)-c4ccccc4O5)cc3)cc2)NC1c1ccccc1. The Bertz CT molecular complexity index is 2320. The molecule has 1 unspecified atom stereocenters. The standard InChI is InChI=1S/C44H30N2O/c1-3-10-32(11-4-1)39-28-40(33-12-5-2-6-13-33)46-44(45-39)34-24-20-30(21-25-34)29-18-22-31(23-19-29)35-26-27-42-43-37(35)15-9-16-38(43)36-14-7-8-17-41(36)47-42/h1-28,39H,(H,45,46). The molecule has 7 aromatic carbocycles. The molecule has 222 valence electrons. The summed E-state index contributed by atoms with van der Waals surface area (Å²) in [5.41, 5.74) is 11.4. The fourth-order valence-electron chi connectivity index (χ4n) is 6.79. The molecule has 47 heavy (non-hydrogen) atoms. The van der Waals surface area contributed by atoms with Crippen LogP contribution >= 0.6 is 0 Å². The molecule has 0 saturated heterocycles. The van der Waals surface area contributed by atoms with Crippen molar-refractivity contribution in [3.63, 3.8) is 0 Å². The second kappa shape index (κ2) is 11.3. The Morgan fingerprint density at radius 1 is 0.447 bits per heavy atom. The van der Waals surface area contributed by atoms with Crippen LogP contribution in [0.3, 0.4) is 0 Å². The molecule has 2 aliphatic heterocycles. The van der Waals surface area contributed by atoms with Crippen molar-refractivity contribution in [2.24, 2.45) is 4.99 Å². The minimum atomic E-state index is 0.0303. The van der Waals surface area contributed by atoms with Gasteiger partial charge in [0.1, 0.15) is 17.3 Å². The molecule has 0 amide bonds. The fourth-order valence-corrected chi connectivity index (χ4v) is 6.79. The highest BCUT2D eigenvalue weighted by Crippen LogP contribution is 2.48. The van der Waals surface area contributed by atoms with E-state index < -0.39 is 0 Å². The monoisotopic (exact) mass is 602 g/mol. The van der Waals surface area contributed by atoms with E-state index in [1.54, 1.807) is 0 Å². The fraction of sp³-hybridized carbons (Fsp3) is 0.0227. The van der Waals surface area contributed by atoms with Crippen molar-refractivity contribution in [2.75, 3.05) is 0 Å². The summed E-state index contributed by atoms with van der Waals surface area (Å²) in [4.78, 5) is 5.06. The number of ether oxygens (including phenoxy) is 1. The van der Waals surface area contributed by atoms with E-state index >= 15 is 0 Å². The zero-order valence-corrected chi connectivity index (χ0v) is 25.6. The molecule has 7 aromatic rings. The van der Waals surface area contributed by atoms with Gasteiger partial charge in [-0.1, -0.05) is 152 Å². The minimum absolute atomic E-state index is 0.0303. The highest BCUT2D eigenvalue weighted by Gasteiger charge is 2.22. The molecule has 3 nitrogen and oxygen atoms in total. The van der Waals surface area contributed by atoms with E-state index in [0.29, 0.717) is 0 Å². The molecule has 1 atom stereocenters. The Kier molecular flexibility index (Phi) is 6.53. The molecule has 0 bridgehead atoms. The van der Waals surface area contributed by atoms with Gasteiger partial charge in [0.05, 0.1) is 11.7 Å². The molecule has 0 radical (unpaired) electrons. The van der Waals surface area contributed by atoms with Crippen LogP contribution in [0.25, 0.3) is 49.9 Å². The van der Waals surface area contributed by atoms with Crippen molar-refractivity contribution >= 4 is 22.3 Å². The lowest BCUT2D eigenvalue weighted by Gasteiger charge is -2.24. The van der Waals surface area contributed by atoms with Gasteiger partial charge in [0.2, 0.25) is 0 Å². The molecule has 0 aliphatic carbocycles. The maximum Gasteiger partial charge on any atom is 0.135 e. The summed E-state index contributed by atoms with van der Waals surface area (Å²) in [5.74, 6) is 2.69. The van der Waals surface area contributed by atoms with Gasteiger partial charge in [0.15, 0.2) is 0 Å². The lowest BCUT2D eigenvalue weighted by molar-refractivity contribution is 0.487. The second-order valence-electron chi connectivity index (χ2n) is 12.0. The van der Waals surface area contributed by atoms with Gasteiger partial charge in [0, 0.05) is 16.5 Å². The molecule has 2 aliphatic rings. The zero-order chi connectivity index (χ0) is 31.2. The average molecular weight is 603 g/mol. The molecule has 0 fully saturated rings. The van der Waals surface area contributed by atoms with Crippen LogP contribution in [-0.2, 0) is 0 Å². The summed E-state index contributed by atoms with van der Waals surface area (Å²) in [7, 11) is 0. The van der Waals surface area contributed by atoms with Gasteiger partial charge < -0.3 is 10.1 Å². The minimum Gasteiger partial charge on any atom is -0.456 e. The van der Waals surface area contributed by atoms with Crippen LogP contribution in [-0.4, -0.2) is 5.84 Å². The van der Waals surface area contributed by atoms with Gasteiger partial charge in [-0.15, -0.1) is 0 Å². The van der Waals surface area contributed by atoms with Crippen molar-refractivity contribution in [3.8, 4) is 44.9 Å². The number of aliphatic imine (C=N–C) groups is 1. The van der Waals surface area contributed by atoms with Crippen molar-refractivity contribution in [3.05, 3.63) is 187 Å². The number of rotatable bonds is 5. The molecule has 2 heterocycles. The van der Waals surface area contributed by atoms with E-state index in [9.17, 15) is 0 Å². The highest BCUT2D eigenvalue weighted by atomic mass is 16.5. The lowest BCUT2D eigenvalue weighted by Crippen LogP contribution is -2.31. The molecule has 9 rings (SSSR count). The zero-order valence-electron chi connectivity index (χ0n) is 25.6. The highest BCUT2D eigenvalue weighted by molar-refractivity contribution is 6.10. The van der Waals surface area contributed by atoms with Crippen molar-refractivity contribution < 1.29 is 4.74 Å². The number of hydrogen-bond acceptors (Lipinski definition) is 3. The smallest absolute Gasteiger partial charge is 0.135 e. The number of para-hydroxylation sites is 1. The molecule has 0 spiro atoms. The van der Waals surface area contributed by atoms with E-state index in [4.69, 9.17) is 9.73 Å². The number of nitrogens with zero attached hydrogens (tertiary/aromatic N) is 1. The first-order valence-electron chi connectivity index (χ1n) is 16.0. The topological polar surface area (TPSA) is 33.6 Å². The van der Waals surface area contributed by atoms with Crippen LogP contribution in [0.4, 0.5) is 0 Å². The number of fused-ring (bicyclic) bond motifs is 2. The Morgan fingerprint density at radius 3 is 1.85 bits per heavy atom. The predicted molar refractivity (Wildman–Crippen MR) is 194 cm³/mol. The summed E-state index contributed by atoms with van der Waals surface area (Å²) in [6, 6.07) is 57.6. The Hall–Kier alpha value is -6.19. The maximum absolute atomic E-state index is 6.31. The number of hydrogen-bond donors (Lipinski definition) is 1. The van der Waals surface area contributed by atoms with Gasteiger partial charge in [0.25, 0.3) is 0 Å². The van der Waals surface area contributed by atoms with Crippen LogP contribution < -0.4 is 10.1 Å². The molecule has 0 aromatic heterocycles. The normalized spacial score (nSPS) is 14.8. The third kappa shape index (κ3) is 4.90. The molecular weight excluding hydrogens is 572 g/mol. The number of benzene rings is 7. The van der Waals surface area contributed by atoms with Crippen LogP contribution in [0.2, 0.25) is 0 Å². The number of nitrogens with one attached hydrogen (secondary N) is 1. The predicted octanol–water partition coefficient (Wildman–Crippen LogP) is 11.1. The van der Waals surface area contributed by atoms with E-state index in [2.05, 4.69) is 157 Å². The van der Waals surface area contributed by atoms with Crippen molar-refractivity contribution in [2.45, 2.75) is 6.04 Å². The van der Waals surface area contributed by atoms with Gasteiger partial charge in [-0.25, -0.2) is 4.99 Å². The van der Waals surface area contributed by atoms with E-state index in [1.807, 2.05) is 18.2 Å². The van der Waals surface area contributed by atoms with Crippen LogP contribution in [0.1, 0.15) is 22.7 Å². The summed E-state index contributed by atoms with van der Waals surface area (Å²) in [5, 5.41) is 6.04. The summed E-state index contributed by atoms with van der Waals surface area (Å²) >= 11 is 0. The summed E-state index contributed by atoms with van der Waals surface area (Å²) < 4.78 is 6.31. The van der Waals surface area contributed by atoms with Crippen molar-refractivity contribution in [1.29, 1.82) is 0 Å². The second-order valence-corrected chi connectivity index (χ2v) is 12.0. The summed E-state index contributed by atoms with van der Waals surface area (Å²) in [6.07, 6.45) is 2.21. The first-order chi connectivity index (χ1) is 23.3. The van der Waals surface area contributed by atoms with Crippen LogP contribution in [0, 0.1) is 0 Å². The largest absolute Gasteiger partial charge is 0.456 e. The van der Waals surface area contributed by atoms with Crippen LogP contribution in [0.15, 0.2) is 175 Å². The first kappa shape index (κ1) is 27.1. The lowest BCUT2D eigenvalue weighted by atomic mass is 9.90. The van der Waals surface area contributed by atoms with E-state index in [0.717, 1.165) is 45.3 Å². The quantitative estimate of drug-likeness (QED) is 0.213. The van der Waals surface area contributed by atoms with Gasteiger partial charge in [-0.05, 0) is 62.5 Å². The third-order valence-electron chi connectivity index (χ3n) is 9.16. The summed E-state index contributed by atoms with van der Waals surface area (Å²) in [6.45, 7) is 0. The van der Waals surface area contributed by atoms with Gasteiger partial charge in [-0.3, -0.25) is 0 Å².